The van der Waals surface area contributed by atoms with Gasteiger partial charge in [0.2, 0.25) is 10.0 Å². The van der Waals surface area contributed by atoms with Gasteiger partial charge in [0.25, 0.3) is 5.69 Å². The number of nitrogens with one attached hydrogen (secondary N) is 1. The van der Waals surface area contributed by atoms with E-state index in [1.54, 1.807) is 36.4 Å². The number of rotatable bonds is 9. The predicted octanol–water partition coefficient (Wildman–Crippen LogP) is 4.85. The number of hydrogen-bond donors (Lipinski definition) is 1. The first kappa shape index (κ1) is 25.7. The molecule has 1 fully saturated rings. The Labute approximate surface area is 212 Å². The molecule has 0 aliphatic carbocycles. The van der Waals surface area contributed by atoms with E-state index in [1.165, 1.54) is 15.9 Å². The molecule has 9 heteroatoms. The summed E-state index contributed by atoms with van der Waals surface area (Å²) in [6.45, 7) is 5.66. The molecule has 0 bridgehead atoms. The number of benzene rings is 3. The van der Waals surface area contributed by atoms with Gasteiger partial charge >= 0.3 is 0 Å². The molecule has 1 atom stereocenters. The highest BCUT2D eigenvalue weighted by Crippen LogP contribution is 2.31. The van der Waals surface area contributed by atoms with Crippen molar-refractivity contribution in [2.24, 2.45) is 0 Å². The molecule has 1 unspecified atom stereocenters. The summed E-state index contributed by atoms with van der Waals surface area (Å²) in [5.41, 5.74) is 3.59. The fourth-order valence-electron chi connectivity index (χ4n) is 4.41. The summed E-state index contributed by atoms with van der Waals surface area (Å²) in [5, 5.41) is 15.0. The van der Waals surface area contributed by atoms with E-state index in [0.29, 0.717) is 36.8 Å². The van der Waals surface area contributed by atoms with Crippen LogP contribution in [0.4, 0.5) is 17.1 Å². The van der Waals surface area contributed by atoms with E-state index >= 15 is 0 Å². The highest BCUT2D eigenvalue weighted by atomic mass is 32.2. The number of piperazine rings is 1. The highest BCUT2D eigenvalue weighted by molar-refractivity contribution is 7.89. The molecule has 1 aliphatic heterocycles. The van der Waals surface area contributed by atoms with Crippen molar-refractivity contribution < 1.29 is 13.3 Å². The largest absolute Gasteiger partial charge is 0.377 e. The molecule has 0 spiro atoms. The van der Waals surface area contributed by atoms with Gasteiger partial charge in [0, 0.05) is 44.0 Å². The van der Waals surface area contributed by atoms with Crippen LogP contribution in [-0.2, 0) is 16.4 Å². The van der Waals surface area contributed by atoms with Crippen LogP contribution >= 0.6 is 0 Å². The molecule has 0 amide bonds. The van der Waals surface area contributed by atoms with E-state index in [2.05, 4.69) is 22.3 Å². The van der Waals surface area contributed by atoms with Crippen molar-refractivity contribution in [3.63, 3.8) is 0 Å². The molecule has 1 saturated heterocycles. The highest BCUT2D eigenvalue weighted by Gasteiger charge is 2.29. The van der Waals surface area contributed by atoms with Gasteiger partial charge in [-0.1, -0.05) is 48.0 Å². The maximum atomic E-state index is 13.0. The molecule has 1 heterocycles. The van der Waals surface area contributed by atoms with Gasteiger partial charge in [-0.2, -0.15) is 4.31 Å². The number of anilines is 2. The molecule has 36 heavy (non-hydrogen) atoms. The van der Waals surface area contributed by atoms with Crippen molar-refractivity contribution >= 4 is 27.1 Å². The summed E-state index contributed by atoms with van der Waals surface area (Å²) in [4.78, 5) is 13.7. The summed E-state index contributed by atoms with van der Waals surface area (Å²) in [7, 11) is -3.55. The standard InChI is InChI=1S/C27H32N4O4S/c1-21-8-13-25(14-9-21)36(34,35)30-18-16-29(17-19-30)24-12-15-27(31(32)33)26(20-24)28-22(2)10-11-23-6-4-3-5-7-23/h3-9,12-15,20,22,28H,10-11,16-19H2,1-2H3. The molecule has 8 nitrogen and oxygen atoms in total. The van der Waals surface area contributed by atoms with Gasteiger partial charge in [0.1, 0.15) is 5.69 Å². The van der Waals surface area contributed by atoms with Crippen LogP contribution in [0.15, 0.2) is 77.7 Å². The van der Waals surface area contributed by atoms with Crippen LogP contribution in [-0.4, -0.2) is 49.9 Å². The zero-order valence-electron chi connectivity index (χ0n) is 20.6. The molecule has 190 valence electrons. The minimum absolute atomic E-state index is 0.0332. The van der Waals surface area contributed by atoms with Crippen molar-refractivity contribution in [2.45, 2.75) is 37.6 Å². The van der Waals surface area contributed by atoms with Crippen LogP contribution < -0.4 is 10.2 Å². The quantitative estimate of drug-likeness (QED) is 0.328. The number of nitrogens with zero attached hydrogens (tertiary/aromatic N) is 3. The summed E-state index contributed by atoms with van der Waals surface area (Å²) in [6.07, 6.45) is 1.71. The van der Waals surface area contributed by atoms with Gasteiger partial charge in [-0.15, -0.1) is 0 Å². The van der Waals surface area contributed by atoms with E-state index in [9.17, 15) is 18.5 Å². The summed E-state index contributed by atoms with van der Waals surface area (Å²) < 4.78 is 27.6. The summed E-state index contributed by atoms with van der Waals surface area (Å²) >= 11 is 0. The van der Waals surface area contributed by atoms with Gasteiger partial charge in [0.15, 0.2) is 0 Å². The Balaban J connectivity index is 1.43. The predicted molar refractivity (Wildman–Crippen MR) is 143 cm³/mol. The second-order valence-corrected chi connectivity index (χ2v) is 11.2. The first-order valence-corrected chi connectivity index (χ1v) is 13.6. The number of sulfonamides is 1. The number of aryl methyl sites for hydroxylation is 2. The smallest absolute Gasteiger partial charge is 0.292 e. The van der Waals surface area contributed by atoms with E-state index < -0.39 is 10.0 Å². The lowest BCUT2D eigenvalue weighted by Crippen LogP contribution is -2.48. The minimum Gasteiger partial charge on any atom is -0.377 e. The van der Waals surface area contributed by atoms with Crippen molar-refractivity contribution in [3.05, 3.63) is 94.0 Å². The third-order valence-electron chi connectivity index (χ3n) is 6.55. The monoisotopic (exact) mass is 508 g/mol. The molecule has 0 radical (unpaired) electrons. The van der Waals surface area contributed by atoms with E-state index in [1.807, 2.05) is 32.0 Å². The van der Waals surface area contributed by atoms with Crippen LogP contribution in [0.2, 0.25) is 0 Å². The number of hydrogen-bond acceptors (Lipinski definition) is 6. The molecule has 3 aromatic carbocycles. The van der Waals surface area contributed by atoms with Crippen molar-refractivity contribution in [3.8, 4) is 0 Å². The van der Waals surface area contributed by atoms with Gasteiger partial charge in [-0.05, 0) is 56.5 Å². The molecule has 4 rings (SSSR count). The maximum absolute atomic E-state index is 13.0. The average molecular weight is 509 g/mol. The van der Waals surface area contributed by atoms with Crippen LogP contribution in [0.3, 0.4) is 0 Å². The van der Waals surface area contributed by atoms with E-state index in [-0.39, 0.29) is 16.7 Å². The lowest BCUT2D eigenvalue weighted by Gasteiger charge is -2.35. The van der Waals surface area contributed by atoms with Crippen LogP contribution in [0.1, 0.15) is 24.5 Å². The fourth-order valence-corrected chi connectivity index (χ4v) is 5.83. The topological polar surface area (TPSA) is 95.8 Å². The Morgan fingerprint density at radius 1 is 0.972 bits per heavy atom. The fraction of sp³-hybridized carbons (Fsp3) is 0.333. The third kappa shape index (κ3) is 6.03. The Kier molecular flexibility index (Phi) is 7.91. The van der Waals surface area contributed by atoms with E-state index in [4.69, 9.17) is 0 Å². The molecular weight excluding hydrogens is 476 g/mol. The Morgan fingerprint density at radius 2 is 1.64 bits per heavy atom. The minimum atomic E-state index is -3.55. The maximum Gasteiger partial charge on any atom is 0.292 e. The Hall–Kier alpha value is -3.43. The number of nitro groups is 1. The van der Waals surface area contributed by atoms with Crippen molar-refractivity contribution in [1.82, 2.24) is 4.31 Å². The number of nitro benzene ring substituents is 1. The molecule has 1 N–H and O–H groups in total. The van der Waals surface area contributed by atoms with Crippen LogP contribution in [0.5, 0.6) is 0 Å². The van der Waals surface area contributed by atoms with Gasteiger partial charge < -0.3 is 10.2 Å². The van der Waals surface area contributed by atoms with E-state index in [0.717, 1.165) is 24.1 Å². The van der Waals surface area contributed by atoms with Gasteiger partial charge in [-0.3, -0.25) is 10.1 Å². The zero-order chi connectivity index (χ0) is 25.7. The summed E-state index contributed by atoms with van der Waals surface area (Å²) in [6, 6.07) is 22.2. The first-order valence-electron chi connectivity index (χ1n) is 12.1. The third-order valence-corrected chi connectivity index (χ3v) is 8.46. The van der Waals surface area contributed by atoms with Gasteiger partial charge in [-0.25, -0.2) is 8.42 Å². The van der Waals surface area contributed by atoms with Crippen molar-refractivity contribution in [2.75, 3.05) is 36.4 Å². The Bertz CT molecular complexity index is 1290. The van der Waals surface area contributed by atoms with Crippen LogP contribution in [0, 0.1) is 17.0 Å². The lowest BCUT2D eigenvalue weighted by molar-refractivity contribution is -0.384. The van der Waals surface area contributed by atoms with Crippen molar-refractivity contribution in [1.29, 1.82) is 0 Å². The molecule has 1 aliphatic rings. The lowest BCUT2D eigenvalue weighted by atomic mass is 10.1. The van der Waals surface area contributed by atoms with Crippen LogP contribution in [0.25, 0.3) is 0 Å². The molecule has 0 aromatic heterocycles. The SMILES string of the molecule is Cc1ccc(S(=O)(=O)N2CCN(c3ccc([N+](=O)[O-])c(NC(C)CCc4ccccc4)c3)CC2)cc1. The van der Waals surface area contributed by atoms with Gasteiger partial charge in [0.05, 0.1) is 9.82 Å². The average Bonchev–Trinajstić information content (AvgIpc) is 2.88. The second kappa shape index (κ2) is 11.1. The second-order valence-electron chi connectivity index (χ2n) is 9.23. The summed E-state index contributed by atoms with van der Waals surface area (Å²) in [5.74, 6) is 0. The molecule has 0 saturated carbocycles. The first-order chi connectivity index (χ1) is 17.2. The normalized spacial score (nSPS) is 15.4. The molecular formula is C27H32N4O4S. The zero-order valence-corrected chi connectivity index (χ0v) is 21.4. The Morgan fingerprint density at radius 3 is 2.28 bits per heavy atom. The molecule has 3 aromatic rings.